The first-order valence-electron chi connectivity index (χ1n) is 35.5. The second-order valence-electron chi connectivity index (χ2n) is 25.5. The maximum absolute atomic E-state index is 8.58. The van der Waals surface area contributed by atoms with Crippen molar-refractivity contribution in [2.75, 3.05) is 71.1 Å². The summed E-state index contributed by atoms with van der Waals surface area (Å²) in [5.41, 5.74) is 14.3. The number of hydrogen-bond acceptors (Lipinski definition) is 20. The zero-order valence-corrected chi connectivity index (χ0v) is 67.1. The van der Waals surface area contributed by atoms with E-state index in [4.69, 9.17) is 102 Å². The summed E-state index contributed by atoms with van der Waals surface area (Å²) in [7, 11) is 16.3. The zero-order valence-electron chi connectivity index (χ0n) is 63.0. The molecule has 3 aliphatic rings. The Labute approximate surface area is 665 Å². The van der Waals surface area contributed by atoms with Crippen LogP contribution in [0.25, 0.3) is 101 Å². The number of rotatable bonds is 20. The monoisotopic (exact) mass is 1720 g/mol. The van der Waals surface area contributed by atoms with Gasteiger partial charge in [0.2, 0.25) is 0 Å². The van der Waals surface area contributed by atoms with E-state index in [9.17, 15) is 0 Å². The Balaban J connectivity index is 0.00000331. The number of ether oxygens (including phenoxy) is 10. The Morgan fingerprint density at radius 1 is 0.186 bits per heavy atom. The molecular weight excluding hydrogens is 1650 g/mol. The fourth-order valence-electron chi connectivity index (χ4n) is 13.8. The minimum absolute atomic E-state index is 0.254. The van der Waals surface area contributed by atoms with Crippen LogP contribution in [0.3, 0.4) is 0 Å². The van der Waals surface area contributed by atoms with Crippen LogP contribution in [0.15, 0.2) is 243 Å². The predicted molar refractivity (Wildman–Crippen MR) is 426 cm³/mol. The fraction of sp³-hybridized carbons (Fsp3) is 0.111. The van der Waals surface area contributed by atoms with Crippen LogP contribution in [-0.2, 0) is 4.47 Å². The van der Waals surface area contributed by atoms with Gasteiger partial charge in [-0.3, -0.25) is 0 Å². The Hall–Kier alpha value is -13.7. The molecule has 0 radical (unpaired) electrons. The van der Waals surface area contributed by atoms with Crippen molar-refractivity contribution < 1.29 is 79.7 Å². The average molecular weight is 1720 g/mol. The van der Waals surface area contributed by atoms with E-state index in [0.29, 0.717) is 113 Å². The van der Waals surface area contributed by atoms with Crippen molar-refractivity contribution in [3.05, 3.63) is 311 Å². The predicted octanol–water partition coefficient (Wildman–Crippen LogP) is 16.9. The number of fused-ring (bicyclic) bond motifs is 10. The van der Waals surface area contributed by atoms with Crippen LogP contribution < -0.4 is 57.3 Å². The Morgan fingerprint density at radius 2 is 0.301 bits per heavy atom. The molecule has 10 aromatic carbocycles. The summed E-state index contributed by atoms with van der Waals surface area (Å²) in [6.45, 7) is 0. The van der Waals surface area contributed by atoms with E-state index in [1.165, 1.54) is 0 Å². The van der Waals surface area contributed by atoms with E-state index < -0.39 is 27.8 Å². The number of benzene rings is 10. The zero-order chi connectivity index (χ0) is 78.2. The van der Waals surface area contributed by atoms with Gasteiger partial charge in [0, 0.05) is 78.3 Å². The number of aromatic nitrogens is 10. The van der Waals surface area contributed by atoms with Crippen LogP contribution in [0.4, 0.5) is 0 Å². The molecule has 0 atom stereocenters. The minimum atomic E-state index is -2.51. The standard InChI is InChI=1S/C90H70N10O10.2O.U/c1-101-61-31-11-51(12-32-61)71-72(52-13-33-62(102-2)34-14-52)82-91-81(71)96-83-73(53-15-35-63(103-3)36-16-53)74(54-17-37-64(104-4)38-18-54)85(92-83)98-87-77(57-23-43-67(107-7)44-24-57)78(58-25-45-68(108-8)46-26-58)89(94-87)100-90-80(60-29-49-70(110-10)50-30-60)79(59-27-47-69(109-9)48-28-59)88(95-90)99-86-76(56-21-41-66(106-6)42-22-56)75(84(93-86)97-82)55-19-39-65(105-5)40-20-55;;;/h11-50H,1-10H3;;;/q-2;;;+2. The third-order valence-electron chi connectivity index (χ3n) is 19.4. The summed E-state index contributed by atoms with van der Waals surface area (Å²) < 4.78 is 75.4. The summed E-state index contributed by atoms with van der Waals surface area (Å²) in [6.07, 6.45) is 0. The summed E-state index contributed by atoms with van der Waals surface area (Å²) in [6, 6.07) is 77.7. The summed E-state index contributed by atoms with van der Waals surface area (Å²) in [4.78, 5) is 57.2. The molecule has 10 bridgehead atoms. The van der Waals surface area contributed by atoms with Crippen LogP contribution >= 0.6 is 0 Å². The van der Waals surface area contributed by atoms with E-state index in [1.54, 1.807) is 71.1 Å². The van der Waals surface area contributed by atoms with Crippen molar-refractivity contribution in [2.24, 2.45) is 0 Å². The molecule has 0 saturated heterocycles. The molecule has 22 nitrogen and oxygen atoms in total. The number of hydrogen-bond donors (Lipinski definition) is 0. The number of nitrogens with zero attached hydrogens (tertiary/aromatic N) is 10. The summed E-state index contributed by atoms with van der Waals surface area (Å²) in [5.74, 6) is 7.85. The molecule has 0 fully saturated rings. The Kier molecular flexibility index (Phi) is 22.0. The third kappa shape index (κ3) is 15.0. The first-order valence-corrected chi connectivity index (χ1v) is 38.9. The summed E-state index contributed by atoms with van der Waals surface area (Å²) in [5, 5.41) is 0. The molecule has 113 heavy (non-hydrogen) atoms. The van der Waals surface area contributed by atoms with E-state index in [1.807, 2.05) is 243 Å². The van der Waals surface area contributed by atoms with E-state index in [-0.39, 0.29) is 57.5 Å². The molecule has 0 amide bonds. The van der Waals surface area contributed by atoms with Gasteiger partial charge in [-0.15, -0.1) is 0 Å². The first-order chi connectivity index (χ1) is 55.4. The maximum atomic E-state index is 8.58. The van der Waals surface area contributed by atoms with Gasteiger partial charge in [0.25, 0.3) is 0 Å². The molecule has 23 heteroatoms. The molecule has 0 aliphatic carbocycles. The fourth-order valence-corrected chi connectivity index (χ4v) is 13.8. The van der Waals surface area contributed by atoms with Crippen LogP contribution in [0.2, 0.25) is 0 Å². The van der Waals surface area contributed by atoms with Gasteiger partial charge >= 0.3 is 32.3 Å². The average Bonchev–Trinajstić information content (AvgIpc) is 1.59. The summed E-state index contributed by atoms with van der Waals surface area (Å²) >= 11 is -2.51. The van der Waals surface area contributed by atoms with E-state index in [0.717, 1.165) is 55.6 Å². The van der Waals surface area contributed by atoms with Crippen molar-refractivity contribution in [1.82, 2.24) is 49.8 Å². The molecule has 0 N–H and O–H groups in total. The first kappa shape index (κ1) is 74.7. The van der Waals surface area contributed by atoms with Gasteiger partial charge in [0.15, 0.2) is 11.6 Å². The van der Waals surface area contributed by atoms with Crippen LogP contribution in [-0.4, -0.2) is 111 Å². The van der Waals surface area contributed by atoms with Gasteiger partial charge in [-0.2, -0.15) is 0 Å². The van der Waals surface area contributed by atoms with Gasteiger partial charge in [-0.1, -0.05) is 121 Å². The Bertz CT molecular complexity index is 5770. The van der Waals surface area contributed by atoms with Gasteiger partial charge < -0.3 is 77.3 Å². The molecule has 6 heterocycles. The van der Waals surface area contributed by atoms with Gasteiger partial charge in [0.1, 0.15) is 57.5 Å². The van der Waals surface area contributed by atoms with Crippen molar-refractivity contribution in [3.8, 4) is 102 Å². The van der Waals surface area contributed by atoms with Gasteiger partial charge in [-0.25, -0.2) is 19.9 Å². The van der Waals surface area contributed by atoms with Gasteiger partial charge in [0.05, 0.1) is 94.4 Å². The van der Waals surface area contributed by atoms with Crippen molar-refractivity contribution in [1.29, 1.82) is 0 Å². The molecule has 3 aliphatic heterocycles. The molecule has 13 aromatic rings. The second-order valence-corrected chi connectivity index (χ2v) is 26.2. The van der Waals surface area contributed by atoms with E-state index >= 15 is 0 Å². The second kappa shape index (κ2) is 33.2. The molecule has 0 spiro atoms. The molecule has 0 saturated carbocycles. The number of methoxy groups -OCH3 is 10. The molecule has 0 unspecified atom stereocenters. The molecule has 3 aromatic heterocycles. The third-order valence-corrected chi connectivity index (χ3v) is 19.4. The molecule has 16 rings (SSSR count). The van der Waals surface area contributed by atoms with Crippen molar-refractivity contribution in [3.63, 3.8) is 0 Å². The Morgan fingerprint density at radius 3 is 0.425 bits per heavy atom. The quantitative estimate of drug-likeness (QED) is 0.0687. The molecular formula is C90H70N10O12U. The van der Waals surface area contributed by atoms with Gasteiger partial charge in [-0.05, 0) is 177 Å². The van der Waals surface area contributed by atoms with E-state index in [2.05, 4.69) is 0 Å². The van der Waals surface area contributed by atoms with Crippen LogP contribution in [0.1, 0.15) is 68.3 Å². The van der Waals surface area contributed by atoms with Crippen molar-refractivity contribution >= 4 is 56.0 Å². The topological polar surface area (TPSA) is 258 Å². The van der Waals surface area contributed by atoms with Crippen molar-refractivity contribution in [2.45, 2.75) is 0 Å². The van der Waals surface area contributed by atoms with Crippen LogP contribution in [0.5, 0.6) is 57.5 Å². The normalized spacial score (nSPS) is 11.9. The SMILES string of the molecule is COc1ccc(C2=C(c3ccc(OC)cc3)c3nc2nc2nc(nc4[n-]c(nc5nc(nc6[n-]c(n3)c(-c3ccc(OC)cc3)c6-c3ccc(OC)cc3)C(c3ccc(OC)cc3)=C5c3ccc(OC)cc3)c(-c3ccc(OC)cc3)c4-c3ccc(OC)cc3)C(c3ccc(OC)cc3)=C2c2ccc(OC)cc2)cc1.[O]=[U+2]=[O]. The molecule has 556 valence electrons. The van der Waals surface area contributed by atoms with Crippen LogP contribution in [0, 0.1) is 27.8 Å².